The molecule has 0 spiro atoms. The summed E-state index contributed by atoms with van der Waals surface area (Å²) in [5.41, 5.74) is 52.9. The van der Waals surface area contributed by atoms with Crippen molar-refractivity contribution < 1.29 is 19.2 Å². The summed E-state index contributed by atoms with van der Waals surface area (Å²) in [6.45, 7) is 0. The molecule has 0 aliphatic heterocycles. The van der Waals surface area contributed by atoms with E-state index in [0.717, 1.165) is 144 Å². The first kappa shape index (κ1) is 68.5. The average Bonchev–Trinajstić information content (AvgIpc) is 1.43. The van der Waals surface area contributed by atoms with Crippen LogP contribution >= 0.6 is 0 Å². The molecule has 15 aromatic rings. The number of nitrogens with two attached hydrogens (primary N) is 5. The number of hydrogen-bond donors (Lipinski definition) is 8. The van der Waals surface area contributed by atoms with Crippen molar-refractivity contribution in [3.63, 3.8) is 0 Å². The predicted molar refractivity (Wildman–Crippen MR) is 408 cm³/mol. The molecule has 0 bridgehead atoms. The molecule has 0 saturated carbocycles. The van der Waals surface area contributed by atoms with Crippen molar-refractivity contribution >= 4 is 62.3 Å². The van der Waals surface area contributed by atoms with Crippen molar-refractivity contribution in [2.24, 2.45) is 22.9 Å². The maximum Gasteiger partial charge on any atom is 0.217 e. The highest BCUT2D eigenvalue weighted by Crippen LogP contribution is 2.37. The number of pyridine rings is 1. The van der Waals surface area contributed by atoms with E-state index in [0.29, 0.717) is 57.2 Å². The van der Waals surface area contributed by atoms with Gasteiger partial charge < -0.3 is 28.7 Å². The molecule has 0 aliphatic carbocycles. The number of nitrogens with one attached hydrogen (secondary N) is 3. The summed E-state index contributed by atoms with van der Waals surface area (Å²) in [7, 11) is 0. The molecule has 17 nitrogen and oxygen atoms in total. The Bertz CT molecular complexity index is 5230. The average molecular weight is 1340 g/mol. The number of fused-ring (bicyclic) bond motifs is 3. The normalized spacial score (nSPS) is 10.8. The Hall–Kier alpha value is -13.4. The van der Waals surface area contributed by atoms with Crippen molar-refractivity contribution in [3.8, 4) is 89.0 Å². The highest BCUT2D eigenvalue weighted by molar-refractivity contribution is 5.96. The van der Waals surface area contributed by atoms with Crippen LogP contribution in [0.4, 0.5) is 5.82 Å². The third-order valence-corrected chi connectivity index (χ3v) is 17.7. The molecule has 504 valence electrons. The van der Waals surface area contributed by atoms with Gasteiger partial charge in [0.25, 0.3) is 0 Å². The SMILES string of the molecule is NC(=O)CCc1cc(-c2ccccc2)ccc1-c1ccc2cn[nH]c2c1.NC(=O)CCc1cc(-c2ccccc2)ccc1-c1cccc2[nH]ncc12.NC(=O)CCc1cc(-c2ccccc2)ccc1-c1cccc2n[nH]nc12.NC(=O)CCc1cc(-c2ccccc2)ccc1-c1ccnc(N)c1. The van der Waals surface area contributed by atoms with Crippen LogP contribution in [0.25, 0.3) is 122 Å². The van der Waals surface area contributed by atoms with E-state index in [2.05, 4.69) is 186 Å². The summed E-state index contributed by atoms with van der Waals surface area (Å²) in [6.07, 6.45) is 9.02. The van der Waals surface area contributed by atoms with Gasteiger partial charge in [-0.1, -0.05) is 231 Å². The van der Waals surface area contributed by atoms with Crippen LogP contribution in [0.15, 0.2) is 279 Å². The number of aryl methyl sites for hydroxylation is 4. The third-order valence-electron chi connectivity index (χ3n) is 17.7. The second-order valence-electron chi connectivity index (χ2n) is 24.6. The number of nitrogens with zero attached hydrogens (tertiary/aromatic N) is 5. The zero-order valence-corrected chi connectivity index (χ0v) is 56.0. The molecule has 15 rings (SSSR count). The number of amides is 4. The zero-order chi connectivity index (χ0) is 70.7. The van der Waals surface area contributed by atoms with Gasteiger partial charge in [0.15, 0.2) is 0 Å². The molecule has 4 aromatic heterocycles. The van der Waals surface area contributed by atoms with Gasteiger partial charge in [0.1, 0.15) is 16.9 Å². The van der Waals surface area contributed by atoms with Crippen LogP contribution in [-0.4, -0.2) is 64.4 Å². The molecular formula is C85H75N13O4. The Morgan fingerprint density at radius 2 is 0.725 bits per heavy atom. The molecule has 11 aromatic carbocycles. The first-order chi connectivity index (χ1) is 49.8. The van der Waals surface area contributed by atoms with E-state index < -0.39 is 0 Å². The number of hydrogen-bond acceptors (Lipinski definition) is 10. The fraction of sp³-hybridized carbons (Fsp3) is 0.0941. The highest BCUT2D eigenvalue weighted by Gasteiger charge is 2.17. The predicted octanol–water partition coefficient (Wildman–Crippen LogP) is 15.8. The molecule has 13 N–H and O–H groups in total. The van der Waals surface area contributed by atoms with Crippen LogP contribution in [0, 0.1) is 0 Å². The summed E-state index contributed by atoms with van der Waals surface area (Å²) < 4.78 is 0. The summed E-state index contributed by atoms with van der Waals surface area (Å²) >= 11 is 0. The summed E-state index contributed by atoms with van der Waals surface area (Å²) in [5, 5.41) is 27.5. The molecule has 0 radical (unpaired) electrons. The molecule has 0 atom stereocenters. The number of H-pyrrole nitrogens is 3. The summed E-state index contributed by atoms with van der Waals surface area (Å²) in [5.74, 6) is -0.714. The van der Waals surface area contributed by atoms with Gasteiger partial charge in [-0.15, -0.1) is 0 Å². The summed E-state index contributed by atoms with van der Waals surface area (Å²) in [6, 6.07) is 88.2. The summed E-state index contributed by atoms with van der Waals surface area (Å²) in [4.78, 5) is 49.3. The van der Waals surface area contributed by atoms with Crippen LogP contribution in [0.3, 0.4) is 0 Å². The van der Waals surface area contributed by atoms with E-state index in [-0.39, 0.29) is 23.6 Å². The lowest BCUT2D eigenvalue weighted by atomic mass is 9.91. The lowest BCUT2D eigenvalue weighted by Crippen LogP contribution is -2.11. The Kier molecular flexibility index (Phi) is 22.0. The van der Waals surface area contributed by atoms with Gasteiger partial charge in [0, 0.05) is 48.2 Å². The maximum absolute atomic E-state index is 11.4. The lowest BCUT2D eigenvalue weighted by molar-refractivity contribution is -0.118. The van der Waals surface area contributed by atoms with Crippen molar-refractivity contribution in [2.45, 2.75) is 51.4 Å². The minimum absolute atomic E-state index is 0.287. The van der Waals surface area contributed by atoms with Crippen LogP contribution in [0.5, 0.6) is 0 Å². The largest absolute Gasteiger partial charge is 0.384 e. The molecule has 0 fully saturated rings. The molecule has 4 amide bonds. The molecule has 4 heterocycles. The maximum atomic E-state index is 11.4. The van der Waals surface area contributed by atoms with Crippen molar-refractivity contribution in [1.29, 1.82) is 0 Å². The molecule has 102 heavy (non-hydrogen) atoms. The Balaban J connectivity index is 0.000000128. The van der Waals surface area contributed by atoms with Gasteiger partial charge in [-0.25, -0.2) is 4.98 Å². The number of carbonyl (C=O) groups is 4. The number of rotatable bonds is 20. The van der Waals surface area contributed by atoms with E-state index in [4.69, 9.17) is 28.7 Å². The van der Waals surface area contributed by atoms with Crippen LogP contribution in [-0.2, 0) is 44.9 Å². The minimum atomic E-state index is -0.305. The van der Waals surface area contributed by atoms with Crippen LogP contribution in [0.1, 0.15) is 47.9 Å². The quantitative estimate of drug-likeness (QED) is 0.0357. The molecular weight excluding hydrogens is 1270 g/mol. The van der Waals surface area contributed by atoms with Gasteiger partial charge in [0.05, 0.1) is 23.4 Å². The number of carbonyl (C=O) groups excluding carboxylic acids is 4. The van der Waals surface area contributed by atoms with Crippen molar-refractivity contribution in [2.75, 3.05) is 5.73 Å². The van der Waals surface area contributed by atoms with Gasteiger partial charge in [0.2, 0.25) is 23.6 Å². The molecule has 0 unspecified atom stereocenters. The first-order valence-electron chi connectivity index (χ1n) is 33.5. The second kappa shape index (κ2) is 32.8. The number of para-hydroxylation sites is 1. The van der Waals surface area contributed by atoms with Crippen LogP contribution < -0.4 is 28.7 Å². The monoisotopic (exact) mass is 1340 g/mol. The van der Waals surface area contributed by atoms with Crippen LogP contribution in [0.2, 0.25) is 0 Å². The number of aromatic amines is 3. The Morgan fingerprint density at radius 1 is 0.324 bits per heavy atom. The van der Waals surface area contributed by atoms with Crippen molar-refractivity contribution in [3.05, 3.63) is 302 Å². The smallest absolute Gasteiger partial charge is 0.217 e. The second-order valence-corrected chi connectivity index (χ2v) is 24.6. The topological polar surface area (TPSA) is 310 Å². The van der Waals surface area contributed by atoms with E-state index >= 15 is 0 Å². The standard InChI is InChI=1S/2C22H19N3O.C21H18N4O.C20H19N3O/c23-22(26)12-10-17-13-16(15-5-2-1-3-6-15)9-11-18(17)19-7-4-8-21-20(19)14-24-25-21;23-22(26)11-9-17-12-16(15-4-2-1-3-5-15)8-10-20(17)18-6-7-19-14-24-25-21(19)13-18;22-20(26)12-10-16-13-15(14-5-2-1-3-6-14)9-11-17(16)18-7-4-8-19-21(18)24-25-23-19;21-19-13-17(10-11-23-19)18-8-6-15(14-4-2-1-3-5-14)12-16(18)7-9-20(22)24/h1-9,11,13-14H,10,12H2,(H2,23,26)(H,24,25);1-8,10,12-14H,9,11H2,(H2,23,26)(H,24,25);1-9,11,13H,10,12H2,(H2,22,26)(H,23,24,25);1-6,8,10-13H,7,9H2,(H2,21,23)(H2,22,24). The van der Waals surface area contributed by atoms with E-state index in [1.165, 1.54) is 0 Å². The van der Waals surface area contributed by atoms with Gasteiger partial charge in [-0.05, 0) is 162 Å². The molecule has 0 saturated heterocycles. The fourth-order valence-electron chi connectivity index (χ4n) is 12.6. The fourth-order valence-corrected chi connectivity index (χ4v) is 12.6. The van der Waals surface area contributed by atoms with Gasteiger partial charge >= 0.3 is 0 Å². The van der Waals surface area contributed by atoms with E-state index in [1.54, 1.807) is 6.20 Å². The minimum Gasteiger partial charge on any atom is -0.384 e. The number of benzene rings is 11. The number of anilines is 1. The van der Waals surface area contributed by atoms with E-state index in [9.17, 15) is 19.2 Å². The zero-order valence-electron chi connectivity index (χ0n) is 56.0. The number of aromatic nitrogens is 8. The Labute approximate surface area is 589 Å². The van der Waals surface area contributed by atoms with Crippen molar-refractivity contribution in [1.82, 2.24) is 40.8 Å². The van der Waals surface area contributed by atoms with Gasteiger partial charge in [-0.3, -0.25) is 29.4 Å². The number of nitrogen functional groups attached to an aromatic ring is 1. The third kappa shape index (κ3) is 17.3. The first-order valence-corrected chi connectivity index (χ1v) is 33.5. The number of primary amides is 4. The molecule has 0 aliphatic rings. The lowest BCUT2D eigenvalue weighted by Gasteiger charge is -2.13. The Morgan fingerprint density at radius 3 is 1.20 bits per heavy atom. The van der Waals surface area contributed by atoms with E-state index in [1.807, 2.05) is 128 Å². The highest BCUT2D eigenvalue weighted by atomic mass is 16.2. The van der Waals surface area contributed by atoms with Gasteiger partial charge in [-0.2, -0.15) is 25.6 Å². The molecule has 17 heteroatoms.